The Morgan fingerprint density at radius 1 is 1.18 bits per heavy atom. The fourth-order valence-electron chi connectivity index (χ4n) is 1.80. The van der Waals surface area contributed by atoms with E-state index in [0.29, 0.717) is 11.2 Å². The summed E-state index contributed by atoms with van der Waals surface area (Å²) in [7, 11) is 0. The van der Waals surface area contributed by atoms with E-state index in [-0.39, 0.29) is 0 Å². The highest BCUT2D eigenvalue weighted by Crippen LogP contribution is 2.27. The molecule has 1 N–H and O–H groups in total. The minimum Gasteiger partial charge on any atom is -0.345 e. The smallest absolute Gasteiger partial charge is 0.139 e. The number of fused-ring (bicyclic) bond motifs is 1. The zero-order valence-electron chi connectivity index (χ0n) is 8.75. The second kappa shape index (κ2) is 3.68. The fraction of sp³-hybridized carbons (Fsp3) is 0. The highest BCUT2D eigenvalue weighted by atomic mass is 14.9. The van der Waals surface area contributed by atoms with Crippen molar-refractivity contribution in [3.05, 3.63) is 42.6 Å². The average molecular weight is 221 g/mol. The Hall–Kier alpha value is -2.74. The van der Waals surface area contributed by atoms with Crippen LogP contribution in [0.5, 0.6) is 0 Å². The van der Waals surface area contributed by atoms with Crippen molar-refractivity contribution in [3.8, 4) is 17.3 Å². The SMILES string of the molecule is N#Cc1ccnc2[nH]cc(-c3ccncn3)c12. The Morgan fingerprint density at radius 2 is 2.12 bits per heavy atom. The molecular formula is C12H7N5. The highest BCUT2D eigenvalue weighted by molar-refractivity contribution is 5.96. The summed E-state index contributed by atoms with van der Waals surface area (Å²) < 4.78 is 0. The lowest BCUT2D eigenvalue weighted by Gasteiger charge is -1.98. The van der Waals surface area contributed by atoms with Crippen LogP contribution in [0, 0.1) is 11.3 Å². The lowest BCUT2D eigenvalue weighted by molar-refractivity contribution is 1.17. The molecule has 0 unspecified atom stereocenters. The molecule has 0 atom stereocenters. The van der Waals surface area contributed by atoms with Crippen LogP contribution in [0.25, 0.3) is 22.3 Å². The van der Waals surface area contributed by atoms with Crippen molar-refractivity contribution in [3.63, 3.8) is 0 Å². The van der Waals surface area contributed by atoms with E-state index in [2.05, 4.69) is 26.0 Å². The molecule has 0 amide bonds. The summed E-state index contributed by atoms with van der Waals surface area (Å²) in [6, 6.07) is 5.66. The lowest BCUT2D eigenvalue weighted by atomic mass is 10.1. The van der Waals surface area contributed by atoms with Crippen LogP contribution in [0.4, 0.5) is 0 Å². The van der Waals surface area contributed by atoms with E-state index in [0.717, 1.165) is 16.6 Å². The molecule has 17 heavy (non-hydrogen) atoms. The molecule has 3 aromatic rings. The molecule has 0 aliphatic carbocycles. The Kier molecular flexibility index (Phi) is 2.06. The molecule has 3 aromatic heterocycles. The van der Waals surface area contributed by atoms with Gasteiger partial charge in [-0.15, -0.1) is 0 Å². The van der Waals surface area contributed by atoms with Crippen LogP contribution in [-0.2, 0) is 0 Å². The fourth-order valence-corrected chi connectivity index (χ4v) is 1.80. The average Bonchev–Trinajstić information content (AvgIpc) is 2.83. The normalized spacial score (nSPS) is 10.3. The number of nitrogens with one attached hydrogen (secondary N) is 1. The maximum Gasteiger partial charge on any atom is 0.139 e. The van der Waals surface area contributed by atoms with Gasteiger partial charge in [0, 0.05) is 29.5 Å². The number of aromatic amines is 1. The topological polar surface area (TPSA) is 78.2 Å². The van der Waals surface area contributed by atoms with Crippen LogP contribution < -0.4 is 0 Å². The molecule has 0 saturated carbocycles. The van der Waals surface area contributed by atoms with E-state index in [9.17, 15) is 0 Å². The molecule has 0 aliphatic rings. The van der Waals surface area contributed by atoms with E-state index < -0.39 is 0 Å². The molecular weight excluding hydrogens is 214 g/mol. The quantitative estimate of drug-likeness (QED) is 0.680. The molecule has 3 heterocycles. The van der Waals surface area contributed by atoms with Gasteiger partial charge in [-0.1, -0.05) is 0 Å². The van der Waals surface area contributed by atoms with E-state index in [1.54, 1.807) is 30.7 Å². The number of rotatable bonds is 1. The number of hydrogen-bond acceptors (Lipinski definition) is 4. The van der Waals surface area contributed by atoms with Gasteiger partial charge in [-0.2, -0.15) is 5.26 Å². The second-order valence-electron chi connectivity index (χ2n) is 3.49. The van der Waals surface area contributed by atoms with E-state index >= 15 is 0 Å². The van der Waals surface area contributed by atoms with Crippen LogP contribution in [0.1, 0.15) is 5.56 Å². The zero-order valence-corrected chi connectivity index (χ0v) is 8.75. The predicted molar refractivity (Wildman–Crippen MR) is 61.8 cm³/mol. The van der Waals surface area contributed by atoms with Crippen molar-refractivity contribution in [2.24, 2.45) is 0 Å². The monoisotopic (exact) mass is 221 g/mol. The van der Waals surface area contributed by atoms with Gasteiger partial charge in [0.25, 0.3) is 0 Å². The first-order valence-corrected chi connectivity index (χ1v) is 5.02. The van der Waals surface area contributed by atoms with Gasteiger partial charge in [-0.25, -0.2) is 15.0 Å². The Labute approximate surface area is 96.8 Å². The van der Waals surface area contributed by atoms with Crippen LogP contribution in [0.2, 0.25) is 0 Å². The maximum absolute atomic E-state index is 9.10. The van der Waals surface area contributed by atoms with Gasteiger partial charge >= 0.3 is 0 Å². The first kappa shape index (κ1) is 9.48. The number of aromatic nitrogens is 4. The molecule has 0 aliphatic heterocycles. The number of pyridine rings is 1. The summed E-state index contributed by atoms with van der Waals surface area (Å²) in [5, 5.41) is 9.90. The lowest BCUT2D eigenvalue weighted by Crippen LogP contribution is -1.85. The van der Waals surface area contributed by atoms with Crippen molar-refractivity contribution in [1.82, 2.24) is 19.9 Å². The molecule has 0 fully saturated rings. The van der Waals surface area contributed by atoms with Crippen LogP contribution in [-0.4, -0.2) is 19.9 Å². The Balaban J connectivity index is 2.36. The van der Waals surface area contributed by atoms with Gasteiger partial charge in [0.1, 0.15) is 12.0 Å². The van der Waals surface area contributed by atoms with Gasteiger partial charge in [0.05, 0.1) is 17.3 Å². The van der Waals surface area contributed by atoms with Crippen LogP contribution in [0.15, 0.2) is 37.1 Å². The van der Waals surface area contributed by atoms with Gasteiger partial charge in [0.2, 0.25) is 0 Å². The minimum absolute atomic E-state index is 0.588. The van der Waals surface area contributed by atoms with Crippen molar-refractivity contribution >= 4 is 11.0 Å². The highest BCUT2D eigenvalue weighted by Gasteiger charge is 2.11. The van der Waals surface area contributed by atoms with Crippen LogP contribution in [0.3, 0.4) is 0 Å². The number of nitrogens with zero attached hydrogens (tertiary/aromatic N) is 4. The van der Waals surface area contributed by atoms with E-state index in [1.807, 2.05) is 0 Å². The minimum atomic E-state index is 0.588. The number of nitriles is 1. The third-order valence-electron chi connectivity index (χ3n) is 2.55. The van der Waals surface area contributed by atoms with Crippen molar-refractivity contribution in [1.29, 1.82) is 5.26 Å². The summed E-state index contributed by atoms with van der Waals surface area (Å²) in [5.74, 6) is 0. The summed E-state index contributed by atoms with van der Waals surface area (Å²) >= 11 is 0. The first-order chi connectivity index (χ1) is 8.40. The molecule has 0 saturated heterocycles. The largest absolute Gasteiger partial charge is 0.345 e. The summed E-state index contributed by atoms with van der Waals surface area (Å²) in [5.41, 5.74) is 2.92. The number of H-pyrrole nitrogens is 1. The Morgan fingerprint density at radius 3 is 2.88 bits per heavy atom. The standard InChI is InChI=1S/C12H7N5/c13-5-8-1-4-15-12-11(8)9(6-16-12)10-2-3-14-7-17-10/h1-4,6-7H,(H,15,16). The second-order valence-corrected chi connectivity index (χ2v) is 3.49. The van der Waals surface area contributed by atoms with Crippen molar-refractivity contribution in [2.45, 2.75) is 0 Å². The third-order valence-corrected chi connectivity index (χ3v) is 2.55. The molecule has 80 valence electrons. The molecule has 3 rings (SSSR count). The van der Waals surface area contributed by atoms with Crippen LogP contribution >= 0.6 is 0 Å². The van der Waals surface area contributed by atoms with Gasteiger partial charge in [0.15, 0.2) is 0 Å². The summed E-state index contributed by atoms with van der Waals surface area (Å²) in [4.78, 5) is 15.3. The third kappa shape index (κ3) is 1.43. The summed E-state index contributed by atoms with van der Waals surface area (Å²) in [6.07, 6.45) is 6.57. The van der Waals surface area contributed by atoms with E-state index in [1.165, 1.54) is 6.33 Å². The predicted octanol–water partition coefficient (Wildman–Crippen LogP) is 1.89. The van der Waals surface area contributed by atoms with E-state index in [4.69, 9.17) is 5.26 Å². The molecule has 0 spiro atoms. The maximum atomic E-state index is 9.10. The molecule has 5 heteroatoms. The van der Waals surface area contributed by atoms with Gasteiger partial charge in [-0.3, -0.25) is 0 Å². The van der Waals surface area contributed by atoms with Crippen molar-refractivity contribution in [2.75, 3.05) is 0 Å². The molecule has 0 bridgehead atoms. The van der Waals surface area contributed by atoms with Gasteiger partial charge < -0.3 is 4.98 Å². The Bertz CT molecular complexity index is 709. The zero-order chi connectivity index (χ0) is 11.7. The van der Waals surface area contributed by atoms with Crippen molar-refractivity contribution < 1.29 is 0 Å². The molecule has 5 nitrogen and oxygen atoms in total. The first-order valence-electron chi connectivity index (χ1n) is 5.02. The number of hydrogen-bond donors (Lipinski definition) is 1. The molecule has 0 radical (unpaired) electrons. The molecule has 0 aromatic carbocycles. The van der Waals surface area contributed by atoms with Gasteiger partial charge in [-0.05, 0) is 12.1 Å². The summed E-state index contributed by atoms with van der Waals surface area (Å²) in [6.45, 7) is 0.